The van der Waals surface area contributed by atoms with Crippen LogP contribution in [0.4, 0.5) is 5.69 Å². The van der Waals surface area contributed by atoms with Gasteiger partial charge < -0.3 is 5.32 Å². The predicted octanol–water partition coefficient (Wildman–Crippen LogP) is 3.24. The Morgan fingerprint density at radius 2 is 2.08 bits per heavy atom. The van der Waals surface area contributed by atoms with E-state index in [0.29, 0.717) is 0 Å². The second-order valence-corrected chi connectivity index (χ2v) is 2.97. The SMILES string of the molecule is CC.CCc1cccc2c1CCN2. The summed E-state index contributed by atoms with van der Waals surface area (Å²) in [6, 6.07) is 6.53. The molecule has 1 aliphatic heterocycles. The van der Waals surface area contributed by atoms with Crippen LogP contribution in [0.1, 0.15) is 31.9 Å². The standard InChI is InChI=1S/C10H13N.C2H6/c1-2-8-4-3-5-10-9(8)6-7-11-10;1-2/h3-5,11H,2,6-7H2,1H3;1-2H3. The highest BCUT2D eigenvalue weighted by atomic mass is 14.9. The molecule has 0 saturated heterocycles. The maximum atomic E-state index is 3.37. The van der Waals surface area contributed by atoms with Crippen LogP contribution in [0.25, 0.3) is 0 Å². The fraction of sp³-hybridized carbons (Fsp3) is 0.500. The van der Waals surface area contributed by atoms with Crippen LogP contribution < -0.4 is 5.32 Å². The summed E-state index contributed by atoms with van der Waals surface area (Å²) in [5, 5.41) is 3.37. The molecule has 0 radical (unpaired) electrons. The van der Waals surface area contributed by atoms with Crippen molar-refractivity contribution in [3.05, 3.63) is 29.3 Å². The van der Waals surface area contributed by atoms with Crippen molar-refractivity contribution >= 4 is 5.69 Å². The first kappa shape index (κ1) is 10.1. The summed E-state index contributed by atoms with van der Waals surface area (Å²) in [6.45, 7) is 7.33. The van der Waals surface area contributed by atoms with Crippen molar-refractivity contribution in [1.29, 1.82) is 0 Å². The second-order valence-electron chi connectivity index (χ2n) is 2.97. The fourth-order valence-electron chi connectivity index (χ4n) is 1.75. The number of fused-ring (bicyclic) bond motifs is 1. The molecule has 1 heteroatoms. The molecule has 0 bridgehead atoms. The number of benzene rings is 1. The molecule has 1 nitrogen and oxygen atoms in total. The van der Waals surface area contributed by atoms with Crippen LogP contribution in [0, 0.1) is 0 Å². The molecule has 0 unspecified atom stereocenters. The lowest BCUT2D eigenvalue weighted by Gasteiger charge is -2.03. The van der Waals surface area contributed by atoms with Gasteiger partial charge in [0.1, 0.15) is 0 Å². The molecule has 0 saturated carbocycles. The lowest BCUT2D eigenvalue weighted by atomic mass is 10.0. The van der Waals surface area contributed by atoms with Gasteiger partial charge in [-0.2, -0.15) is 0 Å². The molecule has 13 heavy (non-hydrogen) atoms. The van der Waals surface area contributed by atoms with E-state index in [2.05, 4.69) is 30.4 Å². The zero-order valence-electron chi connectivity index (χ0n) is 8.85. The molecular formula is C12H19N. The summed E-state index contributed by atoms with van der Waals surface area (Å²) >= 11 is 0. The minimum atomic E-state index is 1.12. The molecule has 1 aliphatic rings. The van der Waals surface area contributed by atoms with E-state index in [1.165, 1.54) is 23.2 Å². The topological polar surface area (TPSA) is 12.0 Å². The Hall–Kier alpha value is -0.980. The summed E-state index contributed by atoms with van der Waals surface area (Å²) in [7, 11) is 0. The monoisotopic (exact) mass is 177 g/mol. The van der Waals surface area contributed by atoms with Gasteiger partial charge in [0.15, 0.2) is 0 Å². The van der Waals surface area contributed by atoms with Crippen LogP contribution >= 0.6 is 0 Å². The summed E-state index contributed by atoms with van der Waals surface area (Å²) in [5.74, 6) is 0. The van der Waals surface area contributed by atoms with E-state index in [1.54, 1.807) is 0 Å². The smallest absolute Gasteiger partial charge is 0.0376 e. The first-order valence-electron chi connectivity index (χ1n) is 5.26. The maximum absolute atomic E-state index is 3.37. The minimum absolute atomic E-state index is 1.12. The van der Waals surface area contributed by atoms with Gasteiger partial charge in [-0.15, -0.1) is 0 Å². The van der Waals surface area contributed by atoms with E-state index in [4.69, 9.17) is 0 Å². The predicted molar refractivity (Wildman–Crippen MR) is 59.4 cm³/mol. The van der Waals surface area contributed by atoms with Crippen molar-refractivity contribution in [2.24, 2.45) is 0 Å². The second kappa shape index (κ2) is 4.90. The highest BCUT2D eigenvalue weighted by Gasteiger charge is 2.11. The normalized spacial score (nSPS) is 12.5. The Bertz CT molecular complexity index is 266. The molecule has 1 heterocycles. The van der Waals surface area contributed by atoms with Crippen molar-refractivity contribution in [2.45, 2.75) is 33.6 Å². The Balaban J connectivity index is 0.000000396. The van der Waals surface area contributed by atoms with Crippen molar-refractivity contribution in [1.82, 2.24) is 0 Å². The molecule has 0 spiro atoms. The summed E-state index contributed by atoms with van der Waals surface area (Å²) in [6.07, 6.45) is 2.37. The van der Waals surface area contributed by atoms with Crippen molar-refractivity contribution in [2.75, 3.05) is 11.9 Å². The molecule has 1 N–H and O–H groups in total. The maximum Gasteiger partial charge on any atom is 0.0376 e. The van der Waals surface area contributed by atoms with E-state index in [0.717, 1.165) is 13.0 Å². The summed E-state index contributed by atoms with van der Waals surface area (Å²) in [4.78, 5) is 0. The summed E-state index contributed by atoms with van der Waals surface area (Å²) in [5.41, 5.74) is 4.40. The fourth-order valence-corrected chi connectivity index (χ4v) is 1.75. The quantitative estimate of drug-likeness (QED) is 0.694. The van der Waals surface area contributed by atoms with Gasteiger partial charge in [-0.1, -0.05) is 32.9 Å². The van der Waals surface area contributed by atoms with Crippen molar-refractivity contribution in [3.8, 4) is 0 Å². The highest BCUT2D eigenvalue weighted by molar-refractivity contribution is 5.58. The van der Waals surface area contributed by atoms with E-state index >= 15 is 0 Å². The molecule has 1 aromatic rings. The number of hydrogen-bond donors (Lipinski definition) is 1. The van der Waals surface area contributed by atoms with Crippen molar-refractivity contribution in [3.63, 3.8) is 0 Å². The van der Waals surface area contributed by atoms with Crippen LogP contribution in [0.2, 0.25) is 0 Å². The highest BCUT2D eigenvalue weighted by Crippen LogP contribution is 2.25. The zero-order chi connectivity index (χ0) is 9.68. The molecule has 0 amide bonds. The van der Waals surface area contributed by atoms with Gasteiger partial charge in [0, 0.05) is 12.2 Å². The third kappa shape index (κ3) is 2.03. The van der Waals surface area contributed by atoms with Crippen LogP contribution in [-0.2, 0) is 12.8 Å². The molecule has 0 aromatic heterocycles. The van der Waals surface area contributed by atoms with Gasteiger partial charge in [0.25, 0.3) is 0 Å². The molecule has 72 valence electrons. The van der Waals surface area contributed by atoms with Crippen molar-refractivity contribution < 1.29 is 0 Å². The minimum Gasteiger partial charge on any atom is -0.384 e. The van der Waals surface area contributed by atoms with E-state index in [1.807, 2.05) is 13.8 Å². The number of anilines is 1. The number of nitrogens with one attached hydrogen (secondary N) is 1. The Labute approximate surface area is 81.2 Å². The third-order valence-corrected chi connectivity index (χ3v) is 2.34. The van der Waals surface area contributed by atoms with Crippen LogP contribution in [-0.4, -0.2) is 6.54 Å². The average Bonchev–Trinajstić information content (AvgIpc) is 2.68. The van der Waals surface area contributed by atoms with Gasteiger partial charge in [-0.05, 0) is 30.0 Å². The van der Waals surface area contributed by atoms with Gasteiger partial charge >= 0.3 is 0 Å². The Morgan fingerprint density at radius 1 is 1.31 bits per heavy atom. The lowest BCUT2D eigenvalue weighted by molar-refractivity contribution is 1.04. The first-order chi connectivity index (χ1) is 6.42. The molecular weight excluding hydrogens is 158 g/mol. The molecule has 2 rings (SSSR count). The molecule has 0 aliphatic carbocycles. The number of aryl methyl sites for hydroxylation is 1. The van der Waals surface area contributed by atoms with Gasteiger partial charge in [0.2, 0.25) is 0 Å². The third-order valence-electron chi connectivity index (χ3n) is 2.34. The summed E-state index contributed by atoms with van der Waals surface area (Å²) < 4.78 is 0. The van der Waals surface area contributed by atoms with Gasteiger partial charge in [-0.3, -0.25) is 0 Å². The average molecular weight is 177 g/mol. The van der Waals surface area contributed by atoms with Gasteiger partial charge in [-0.25, -0.2) is 0 Å². The van der Waals surface area contributed by atoms with Crippen LogP contribution in [0.5, 0.6) is 0 Å². The van der Waals surface area contributed by atoms with Crippen LogP contribution in [0.3, 0.4) is 0 Å². The number of hydrogen-bond acceptors (Lipinski definition) is 1. The Morgan fingerprint density at radius 3 is 2.77 bits per heavy atom. The Kier molecular flexibility index (Phi) is 3.81. The lowest BCUT2D eigenvalue weighted by Crippen LogP contribution is -1.90. The first-order valence-corrected chi connectivity index (χ1v) is 5.26. The van der Waals surface area contributed by atoms with Crippen LogP contribution in [0.15, 0.2) is 18.2 Å². The molecule has 0 fully saturated rings. The van der Waals surface area contributed by atoms with Gasteiger partial charge in [0.05, 0.1) is 0 Å². The molecule has 0 atom stereocenters. The van der Waals surface area contributed by atoms with E-state index < -0.39 is 0 Å². The molecule has 1 aromatic carbocycles. The van der Waals surface area contributed by atoms with E-state index in [9.17, 15) is 0 Å². The number of rotatable bonds is 1. The zero-order valence-corrected chi connectivity index (χ0v) is 8.85. The van der Waals surface area contributed by atoms with E-state index in [-0.39, 0.29) is 0 Å². The largest absolute Gasteiger partial charge is 0.384 e.